The number of nitrogens with one attached hydrogen (secondary N) is 1. The van der Waals surface area contributed by atoms with Gasteiger partial charge in [-0.1, -0.05) is 0 Å². The number of nitrogens with zero attached hydrogens (tertiary/aromatic N) is 2. The smallest absolute Gasteiger partial charge is 0.351 e. The Morgan fingerprint density at radius 3 is 2.94 bits per heavy atom. The number of aliphatic hydroxyl groups excluding tert-OH is 2. The van der Waals surface area contributed by atoms with E-state index in [9.17, 15) is 9.90 Å². The summed E-state index contributed by atoms with van der Waals surface area (Å²) in [7, 11) is 1.69. The average molecular weight is 255 g/mol. The lowest BCUT2D eigenvalue weighted by atomic mass is 10.2. The maximum absolute atomic E-state index is 11.8. The molecular formula is C11H17N3O4. The van der Waals surface area contributed by atoms with Gasteiger partial charge < -0.3 is 20.3 Å². The number of hydrogen-bond donors (Lipinski definition) is 3. The highest BCUT2D eigenvalue weighted by Gasteiger charge is 2.35. The van der Waals surface area contributed by atoms with E-state index in [4.69, 9.17) is 9.84 Å². The third kappa shape index (κ3) is 2.24. The fraction of sp³-hybridized carbons (Fsp3) is 0.636. The van der Waals surface area contributed by atoms with Gasteiger partial charge in [0, 0.05) is 25.2 Å². The van der Waals surface area contributed by atoms with Crippen LogP contribution in [0.3, 0.4) is 0 Å². The Hall–Kier alpha value is -1.44. The summed E-state index contributed by atoms with van der Waals surface area (Å²) < 4.78 is 6.76. The van der Waals surface area contributed by atoms with E-state index < -0.39 is 24.1 Å². The fourth-order valence-corrected chi connectivity index (χ4v) is 2.08. The standard InChI is InChI=1S/C11H17N3O4/c1-6-4-14(11(17)13-10(6)12-2)9-3-7(16)8(5-15)18-9/h4,7-9,15-16H,3,5H2,1-2H3,(H,12,13,17)/t7-,8-,9+/m0/s1. The van der Waals surface area contributed by atoms with E-state index in [2.05, 4.69) is 10.3 Å². The Kier molecular flexibility index (Phi) is 3.65. The molecule has 0 aromatic carbocycles. The quantitative estimate of drug-likeness (QED) is 0.656. The summed E-state index contributed by atoms with van der Waals surface area (Å²) in [5, 5.41) is 21.5. The summed E-state index contributed by atoms with van der Waals surface area (Å²) in [6, 6.07) is 0. The van der Waals surface area contributed by atoms with Crippen molar-refractivity contribution in [3.63, 3.8) is 0 Å². The molecule has 7 nitrogen and oxygen atoms in total. The van der Waals surface area contributed by atoms with E-state index in [1.165, 1.54) is 4.57 Å². The number of hydrogen-bond acceptors (Lipinski definition) is 6. The molecule has 1 fully saturated rings. The molecule has 1 saturated heterocycles. The van der Waals surface area contributed by atoms with Gasteiger partial charge in [-0.2, -0.15) is 4.98 Å². The molecule has 0 unspecified atom stereocenters. The van der Waals surface area contributed by atoms with Crippen LogP contribution in [-0.4, -0.2) is 45.6 Å². The van der Waals surface area contributed by atoms with E-state index >= 15 is 0 Å². The highest BCUT2D eigenvalue weighted by Crippen LogP contribution is 2.27. The van der Waals surface area contributed by atoms with E-state index in [0.29, 0.717) is 5.82 Å². The third-order valence-electron chi connectivity index (χ3n) is 3.07. The van der Waals surface area contributed by atoms with Crippen LogP contribution in [-0.2, 0) is 4.74 Å². The van der Waals surface area contributed by atoms with E-state index in [-0.39, 0.29) is 13.0 Å². The topological polar surface area (TPSA) is 96.6 Å². The first kappa shape index (κ1) is 13.0. The molecule has 100 valence electrons. The van der Waals surface area contributed by atoms with Crippen molar-refractivity contribution in [3.8, 4) is 0 Å². The maximum Gasteiger partial charge on any atom is 0.351 e. The van der Waals surface area contributed by atoms with Gasteiger partial charge in [0.25, 0.3) is 0 Å². The largest absolute Gasteiger partial charge is 0.394 e. The van der Waals surface area contributed by atoms with Crippen molar-refractivity contribution < 1.29 is 14.9 Å². The Balaban J connectivity index is 2.30. The van der Waals surface area contributed by atoms with Crippen molar-refractivity contribution in [2.24, 2.45) is 0 Å². The minimum absolute atomic E-state index is 0.269. The van der Waals surface area contributed by atoms with Crippen LogP contribution in [0.1, 0.15) is 18.2 Å². The number of aryl methyl sites for hydroxylation is 1. The number of anilines is 1. The summed E-state index contributed by atoms with van der Waals surface area (Å²) in [5.41, 5.74) is 0.364. The predicted molar refractivity (Wildman–Crippen MR) is 64.4 cm³/mol. The molecule has 1 aliphatic rings. The zero-order valence-corrected chi connectivity index (χ0v) is 10.3. The van der Waals surface area contributed by atoms with Crippen molar-refractivity contribution in [3.05, 3.63) is 22.2 Å². The third-order valence-corrected chi connectivity index (χ3v) is 3.07. The predicted octanol–water partition coefficient (Wildman–Crippen LogP) is -0.766. The second-order valence-corrected chi connectivity index (χ2v) is 4.33. The van der Waals surface area contributed by atoms with Crippen LogP contribution >= 0.6 is 0 Å². The van der Waals surface area contributed by atoms with Gasteiger partial charge in [-0.25, -0.2) is 4.79 Å². The summed E-state index contributed by atoms with van der Waals surface area (Å²) in [5.74, 6) is 0.522. The van der Waals surface area contributed by atoms with Crippen LogP contribution in [0.25, 0.3) is 0 Å². The molecule has 18 heavy (non-hydrogen) atoms. The van der Waals surface area contributed by atoms with Crippen molar-refractivity contribution in [1.29, 1.82) is 0 Å². The first-order chi connectivity index (χ1) is 8.56. The Morgan fingerprint density at radius 2 is 2.39 bits per heavy atom. The number of rotatable bonds is 3. The highest BCUT2D eigenvalue weighted by molar-refractivity contribution is 5.40. The lowest BCUT2D eigenvalue weighted by Crippen LogP contribution is -2.28. The van der Waals surface area contributed by atoms with Gasteiger partial charge in [0.15, 0.2) is 0 Å². The molecule has 0 amide bonds. The molecule has 0 spiro atoms. The highest BCUT2D eigenvalue weighted by atomic mass is 16.5. The van der Waals surface area contributed by atoms with Crippen LogP contribution in [0.5, 0.6) is 0 Å². The van der Waals surface area contributed by atoms with Crippen LogP contribution in [0.4, 0.5) is 5.82 Å². The lowest BCUT2D eigenvalue weighted by molar-refractivity contribution is -0.0459. The Morgan fingerprint density at radius 1 is 1.67 bits per heavy atom. The molecular weight excluding hydrogens is 238 g/mol. The van der Waals surface area contributed by atoms with Crippen LogP contribution in [0.2, 0.25) is 0 Å². The molecule has 1 aromatic heterocycles. The minimum atomic E-state index is -0.767. The zero-order chi connectivity index (χ0) is 13.3. The van der Waals surface area contributed by atoms with Gasteiger partial charge in [0.1, 0.15) is 18.1 Å². The van der Waals surface area contributed by atoms with E-state index in [1.807, 2.05) is 6.92 Å². The molecule has 1 aliphatic heterocycles. The summed E-state index contributed by atoms with van der Waals surface area (Å²) in [4.78, 5) is 15.7. The molecule has 2 heterocycles. The summed E-state index contributed by atoms with van der Waals surface area (Å²) in [6.07, 6.45) is -0.0900. The first-order valence-corrected chi connectivity index (χ1v) is 5.78. The summed E-state index contributed by atoms with van der Waals surface area (Å²) >= 11 is 0. The summed E-state index contributed by atoms with van der Waals surface area (Å²) in [6.45, 7) is 1.55. The van der Waals surface area contributed by atoms with Crippen LogP contribution in [0, 0.1) is 6.92 Å². The molecule has 0 bridgehead atoms. The number of aromatic nitrogens is 2. The monoisotopic (exact) mass is 255 g/mol. The van der Waals surface area contributed by atoms with Gasteiger partial charge in [0.2, 0.25) is 0 Å². The van der Waals surface area contributed by atoms with Gasteiger partial charge in [-0.3, -0.25) is 4.57 Å². The van der Waals surface area contributed by atoms with Gasteiger partial charge in [-0.15, -0.1) is 0 Å². The second-order valence-electron chi connectivity index (χ2n) is 4.33. The SMILES string of the molecule is CNc1nc(=O)n([C@H]2C[C@H](O)[C@H](CO)O2)cc1C. The van der Waals surface area contributed by atoms with Crippen molar-refractivity contribution >= 4 is 5.82 Å². The van der Waals surface area contributed by atoms with E-state index in [0.717, 1.165) is 5.56 Å². The van der Waals surface area contributed by atoms with Gasteiger partial charge >= 0.3 is 5.69 Å². The van der Waals surface area contributed by atoms with Gasteiger partial charge in [-0.05, 0) is 6.92 Å². The molecule has 1 aromatic rings. The number of aliphatic hydroxyl groups is 2. The van der Waals surface area contributed by atoms with E-state index in [1.54, 1.807) is 13.2 Å². The van der Waals surface area contributed by atoms with Crippen molar-refractivity contribution in [2.45, 2.75) is 31.8 Å². The molecule has 3 N–H and O–H groups in total. The average Bonchev–Trinajstić information content (AvgIpc) is 2.72. The molecule has 0 aliphatic carbocycles. The Labute approximate surface area is 104 Å². The zero-order valence-electron chi connectivity index (χ0n) is 10.3. The number of ether oxygens (including phenoxy) is 1. The maximum atomic E-state index is 11.8. The molecule has 2 rings (SSSR count). The first-order valence-electron chi connectivity index (χ1n) is 5.78. The minimum Gasteiger partial charge on any atom is -0.394 e. The molecule has 0 saturated carbocycles. The molecule has 3 atom stereocenters. The normalized spacial score (nSPS) is 27.4. The van der Waals surface area contributed by atoms with Crippen molar-refractivity contribution in [2.75, 3.05) is 19.0 Å². The van der Waals surface area contributed by atoms with Crippen molar-refractivity contribution in [1.82, 2.24) is 9.55 Å². The lowest BCUT2D eigenvalue weighted by Gasteiger charge is -2.15. The van der Waals surface area contributed by atoms with Crippen LogP contribution < -0.4 is 11.0 Å². The molecule has 0 radical (unpaired) electrons. The van der Waals surface area contributed by atoms with Crippen LogP contribution in [0.15, 0.2) is 11.0 Å². The second kappa shape index (κ2) is 5.05. The fourth-order valence-electron chi connectivity index (χ4n) is 2.08. The molecule has 7 heteroatoms. The van der Waals surface area contributed by atoms with Gasteiger partial charge in [0.05, 0.1) is 12.7 Å². The Bertz CT molecular complexity index is 488.